The molecule has 0 atom stereocenters. The smallest absolute Gasteiger partial charge is 0.240 e. The van der Waals surface area contributed by atoms with E-state index in [9.17, 15) is 10.1 Å². The first-order valence-electron chi connectivity index (χ1n) is 4.75. The van der Waals surface area contributed by atoms with E-state index in [0.29, 0.717) is 0 Å². The van der Waals surface area contributed by atoms with Crippen molar-refractivity contribution < 1.29 is 4.92 Å². The molecule has 1 rings (SSSR count). The second kappa shape index (κ2) is 9.27. The summed E-state index contributed by atoms with van der Waals surface area (Å²) in [6.07, 6.45) is 0.952. The van der Waals surface area contributed by atoms with Crippen molar-refractivity contribution in [2.45, 2.75) is 19.6 Å². The van der Waals surface area contributed by atoms with Crippen LogP contribution >= 0.6 is 11.8 Å². The SMILES string of the molecule is CC.O=[N+]([O-])C=CSCc1ccccc1. The summed E-state index contributed by atoms with van der Waals surface area (Å²) >= 11 is 1.41. The maximum Gasteiger partial charge on any atom is 0.240 e. The molecule has 0 heterocycles. The van der Waals surface area contributed by atoms with Crippen LogP contribution in [0.1, 0.15) is 19.4 Å². The van der Waals surface area contributed by atoms with Gasteiger partial charge in [-0.1, -0.05) is 44.2 Å². The number of rotatable bonds is 4. The van der Waals surface area contributed by atoms with Crippen molar-refractivity contribution in [3.8, 4) is 0 Å². The zero-order valence-corrected chi connectivity index (χ0v) is 9.74. The van der Waals surface area contributed by atoms with Gasteiger partial charge in [-0.2, -0.15) is 0 Å². The highest BCUT2D eigenvalue weighted by Crippen LogP contribution is 2.12. The predicted molar refractivity (Wildman–Crippen MR) is 65.2 cm³/mol. The lowest BCUT2D eigenvalue weighted by molar-refractivity contribution is -0.402. The van der Waals surface area contributed by atoms with Gasteiger partial charge in [-0.3, -0.25) is 10.1 Å². The van der Waals surface area contributed by atoms with E-state index in [-0.39, 0.29) is 0 Å². The Labute approximate surface area is 94.3 Å². The van der Waals surface area contributed by atoms with Gasteiger partial charge in [0.2, 0.25) is 6.20 Å². The normalized spacial score (nSPS) is 9.47. The van der Waals surface area contributed by atoms with Crippen LogP contribution in [0, 0.1) is 10.1 Å². The third-order valence-corrected chi connectivity index (χ3v) is 2.19. The van der Waals surface area contributed by atoms with Gasteiger partial charge in [-0.05, 0) is 5.56 Å². The van der Waals surface area contributed by atoms with Crippen molar-refractivity contribution in [3.05, 3.63) is 57.6 Å². The van der Waals surface area contributed by atoms with E-state index < -0.39 is 4.92 Å². The molecule has 1 aromatic rings. The van der Waals surface area contributed by atoms with E-state index in [1.54, 1.807) is 0 Å². The van der Waals surface area contributed by atoms with Gasteiger partial charge in [-0.25, -0.2) is 0 Å². The molecule has 0 unspecified atom stereocenters. The number of hydrogen-bond acceptors (Lipinski definition) is 3. The van der Waals surface area contributed by atoms with Crippen molar-refractivity contribution in [1.82, 2.24) is 0 Å². The van der Waals surface area contributed by atoms with Crippen LogP contribution in [0.4, 0.5) is 0 Å². The lowest BCUT2D eigenvalue weighted by atomic mass is 10.2. The van der Waals surface area contributed by atoms with E-state index in [4.69, 9.17) is 0 Å². The third-order valence-electron chi connectivity index (χ3n) is 1.37. The Kier molecular flexibility index (Phi) is 8.47. The maximum absolute atomic E-state index is 9.92. The Bertz CT molecular complexity index is 299. The van der Waals surface area contributed by atoms with Gasteiger partial charge in [0, 0.05) is 11.2 Å². The van der Waals surface area contributed by atoms with Gasteiger partial charge in [0.05, 0.1) is 4.92 Å². The number of nitro groups is 1. The molecule has 0 aliphatic heterocycles. The fourth-order valence-corrected chi connectivity index (χ4v) is 1.48. The molecule has 0 aliphatic carbocycles. The van der Waals surface area contributed by atoms with Gasteiger partial charge in [0.1, 0.15) is 0 Å². The molecule has 82 valence electrons. The summed E-state index contributed by atoms with van der Waals surface area (Å²) < 4.78 is 0. The molecule has 3 nitrogen and oxygen atoms in total. The lowest BCUT2D eigenvalue weighted by Gasteiger charge is -1.94. The molecule has 0 saturated heterocycles. The average Bonchev–Trinajstić information content (AvgIpc) is 2.28. The Morgan fingerprint density at radius 2 is 1.93 bits per heavy atom. The molecule has 0 radical (unpaired) electrons. The topological polar surface area (TPSA) is 43.1 Å². The van der Waals surface area contributed by atoms with Crippen LogP contribution in [-0.4, -0.2) is 4.92 Å². The Morgan fingerprint density at radius 1 is 1.33 bits per heavy atom. The van der Waals surface area contributed by atoms with Crippen LogP contribution in [0.25, 0.3) is 0 Å². The minimum absolute atomic E-state index is 0.460. The number of nitrogens with zero attached hydrogens (tertiary/aromatic N) is 1. The number of benzene rings is 1. The molecule has 0 aromatic heterocycles. The molecule has 1 aromatic carbocycles. The van der Waals surface area contributed by atoms with E-state index in [0.717, 1.165) is 12.0 Å². The summed E-state index contributed by atoms with van der Waals surface area (Å²) in [6, 6.07) is 9.83. The van der Waals surface area contributed by atoms with Gasteiger partial charge in [-0.15, -0.1) is 11.8 Å². The predicted octanol–water partition coefficient (Wildman–Crippen LogP) is 3.69. The first-order valence-corrected chi connectivity index (χ1v) is 5.79. The monoisotopic (exact) mass is 225 g/mol. The Hall–Kier alpha value is -1.29. The quantitative estimate of drug-likeness (QED) is 0.579. The molecule has 0 aliphatic rings. The van der Waals surface area contributed by atoms with E-state index in [1.165, 1.54) is 22.7 Å². The number of thioether (sulfide) groups is 1. The minimum Gasteiger partial charge on any atom is -0.259 e. The van der Waals surface area contributed by atoms with Crippen LogP contribution in [0.5, 0.6) is 0 Å². The maximum atomic E-state index is 9.92. The summed E-state index contributed by atoms with van der Waals surface area (Å²) in [5.41, 5.74) is 1.17. The van der Waals surface area contributed by atoms with Gasteiger partial charge >= 0.3 is 0 Å². The second-order valence-electron chi connectivity index (χ2n) is 2.37. The van der Waals surface area contributed by atoms with Crippen molar-refractivity contribution in [2.24, 2.45) is 0 Å². The Balaban J connectivity index is 0.000000921. The lowest BCUT2D eigenvalue weighted by Crippen LogP contribution is -1.81. The van der Waals surface area contributed by atoms with Gasteiger partial charge in [0.25, 0.3) is 0 Å². The van der Waals surface area contributed by atoms with Crippen molar-refractivity contribution in [3.63, 3.8) is 0 Å². The molecule has 0 saturated carbocycles. The highest BCUT2D eigenvalue weighted by molar-refractivity contribution is 8.01. The second-order valence-corrected chi connectivity index (χ2v) is 3.26. The zero-order valence-electron chi connectivity index (χ0n) is 8.92. The minimum atomic E-state index is -0.460. The summed E-state index contributed by atoms with van der Waals surface area (Å²) in [4.78, 5) is 9.46. The molecular weight excluding hydrogens is 210 g/mol. The van der Waals surface area contributed by atoms with Crippen molar-refractivity contribution >= 4 is 11.8 Å². The third kappa shape index (κ3) is 7.76. The fraction of sp³-hybridized carbons (Fsp3) is 0.273. The highest BCUT2D eigenvalue weighted by Gasteiger charge is 1.90. The van der Waals surface area contributed by atoms with Crippen LogP contribution in [0.3, 0.4) is 0 Å². The summed E-state index contributed by atoms with van der Waals surface area (Å²) in [6.45, 7) is 4.00. The Morgan fingerprint density at radius 3 is 2.47 bits per heavy atom. The van der Waals surface area contributed by atoms with Crippen LogP contribution < -0.4 is 0 Å². The van der Waals surface area contributed by atoms with E-state index in [1.807, 2.05) is 44.2 Å². The van der Waals surface area contributed by atoms with E-state index in [2.05, 4.69) is 0 Å². The largest absolute Gasteiger partial charge is 0.259 e. The van der Waals surface area contributed by atoms with Crippen molar-refractivity contribution in [2.75, 3.05) is 0 Å². The summed E-state index contributed by atoms with van der Waals surface area (Å²) in [7, 11) is 0. The van der Waals surface area contributed by atoms with Crippen LogP contribution in [-0.2, 0) is 5.75 Å². The van der Waals surface area contributed by atoms with Gasteiger partial charge < -0.3 is 0 Å². The average molecular weight is 225 g/mol. The first-order chi connectivity index (χ1) is 7.29. The van der Waals surface area contributed by atoms with Crippen LogP contribution in [0.2, 0.25) is 0 Å². The molecule has 0 amide bonds. The van der Waals surface area contributed by atoms with E-state index >= 15 is 0 Å². The van der Waals surface area contributed by atoms with Gasteiger partial charge in [0.15, 0.2) is 0 Å². The highest BCUT2D eigenvalue weighted by atomic mass is 32.2. The molecule has 4 heteroatoms. The molecule has 0 bridgehead atoms. The standard InChI is InChI=1S/C9H9NO2S.C2H6/c11-10(12)6-7-13-8-9-4-2-1-3-5-9;1-2/h1-7H,8H2;1-2H3. The molecule has 0 fully saturated rings. The van der Waals surface area contributed by atoms with Crippen LogP contribution in [0.15, 0.2) is 41.9 Å². The molecule has 0 spiro atoms. The molecule has 0 N–H and O–H groups in total. The summed E-state index contributed by atoms with van der Waals surface area (Å²) in [5.74, 6) is 0.769. The molecule has 15 heavy (non-hydrogen) atoms. The molecular formula is C11H15NO2S. The first kappa shape index (κ1) is 13.7. The fourth-order valence-electron chi connectivity index (χ4n) is 0.811. The summed E-state index contributed by atoms with van der Waals surface area (Å²) in [5, 5.41) is 11.4. The number of hydrogen-bond donors (Lipinski definition) is 0. The van der Waals surface area contributed by atoms with Crippen molar-refractivity contribution in [1.29, 1.82) is 0 Å². The zero-order chi connectivity index (χ0) is 11.5.